The van der Waals surface area contributed by atoms with E-state index in [9.17, 15) is 9.59 Å². The van der Waals surface area contributed by atoms with Gasteiger partial charge in [-0.3, -0.25) is 9.59 Å². The molecule has 4 rings (SSSR count). The van der Waals surface area contributed by atoms with Crippen molar-refractivity contribution >= 4 is 33.7 Å². The Hall–Kier alpha value is -3.03. The number of carbonyl (C=O) groups is 1. The zero-order valence-corrected chi connectivity index (χ0v) is 16.5. The molecule has 0 unspecified atom stereocenters. The van der Waals surface area contributed by atoms with Gasteiger partial charge < -0.3 is 4.74 Å². The molecule has 0 bridgehead atoms. The van der Waals surface area contributed by atoms with Crippen molar-refractivity contribution in [3.8, 4) is 17.0 Å². The maximum atomic E-state index is 12.9. The maximum absolute atomic E-state index is 12.9. The highest BCUT2D eigenvalue weighted by molar-refractivity contribution is 7.19. The second-order valence-electron chi connectivity index (χ2n) is 6.04. The van der Waals surface area contributed by atoms with Crippen LogP contribution in [0.5, 0.6) is 5.75 Å². The van der Waals surface area contributed by atoms with Crippen LogP contribution in [0.15, 0.2) is 53.3 Å². The number of hydrogen-bond acceptors (Lipinski definition) is 6. The number of thiazole rings is 1. The van der Waals surface area contributed by atoms with Gasteiger partial charge in [-0.1, -0.05) is 22.9 Å². The van der Waals surface area contributed by atoms with Crippen LogP contribution in [0.1, 0.15) is 20.9 Å². The van der Waals surface area contributed by atoms with E-state index in [4.69, 9.17) is 16.3 Å². The van der Waals surface area contributed by atoms with Crippen molar-refractivity contribution < 1.29 is 9.53 Å². The van der Waals surface area contributed by atoms with Gasteiger partial charge in [0.05, 0.1) is 12.8 Å². The Morgan fingerprint density at radius 3 is 2.43 bits per heavy atom. The molecule has 0 N–H and O–H groups in total. The molecule has 28 heavy (non-hydrogen) atoms. The Morgan fingerprint density at radius 1 is 1.11 bits per heavy atom. The van der Waals surface area contributed by atoms with Gasteiger partial charge >= 0.3 is 5.56 Å². The first-order chi connectivity index (χ1) is 13.5. The highest BCUT2D eigenvalue weighted by atomic mass is 35.5. The monoisotopic (exact) mass is 411 g/mol. The quantitative estimate of drug-likeness (QED) is 0.474. The summed E-state index contributed by atoms with van der Waals surface area (Å²) in [5.41, 5.74) is 1.53. The highest BCUT2D eigenvalue weighted by Crippen LogP contribution is 2.25. The van der Waals surface area contributed by atoms with Crippen molar-refractivity contribution in [3.63, 3.8) is 0 Å². The molecule has 140 valence electrons. The van der Waals surface area contributed by atoms with E-state index in [0.29, 0.717) is 37.4 Å². The first-order valence-corrected chi connectivity index (χ1v) is 9.52. The number of hydrogen-bond donors (Lipinski definition) is 0. The van der Waals surface area contributed by atoms with Crippen LogP contribution in [0, 0.1) is 6.92 Å². The summed E-state index contributed by atoms with van der Waals surface area (Å²) in [7, 11) is 1.57. The summed E-state index contributed by atoms with van der Waals surface area (Å²) in [6.07, 6.45) is 0. The largest absolute Gasteiger partial charge is 0.497 e. The van der Waals surface area contributed by atoms with E-state index in [2.05, 4.69) is 10.1 Å². The van der Waals surface area contributed by atoms with Crippen LogP contribution >= 0.6 is 22.9 Å². The third-order valence-corrected chi connectivity index (χ3v) is 5.68. The van der Waals surface area contributed by atoms with E-state index in [-0.39, 0.29) is 11.5 Å². The van der Waals surface area contributed by atoms with E-state index in [0.717, 1.165) is 11.3 Å². The number of fused-ring (bicyclic) bond motifs is 1. The van der Waals surface area contributed by atoms with Crippen LogP contribution in [-0.2, 0) is 0 Å². The minimum atomic E-state index is -0.447. The van der Waals surface area contributed by atoms with Gasteiger partial charge in [-0.2, -0.15) is 10.1 Å². The lowest BCUT2D eigenvalue weighted by Crippen LogP contribution is -2.15. The summed E-state index contributed by atoms with van der Waals surface area (Å²) in [6, 6.07) is 13.7. The van der Waals surface area contributed by atoms with Gasteiger partial charge in [-0.15, -0.1) is 0 Å². The first-order valence-electron chi connectivity index (χ1n) is 8.33. The number of halogens is 1. The molecule has 6 nitrogen and oxygen atoms in total. The van der Waals surface area contributed by atoms with Gasteiger partial charge in [0.1, 0.15) is 10.6 Å². The lowest BCUT2D eigenvalue weighted by atomic mass is 10.1. The second kappa shape index (κ2) is 7.18. The third-order valence-electron chi connectivity index (χ3n) is 4.30. The average molecular weight is 412 g/mol. The highest BCUT2D eigenvalue weighted by Gasteiger charge is 2.20. The molecule has 0 atom stereocenters. The lowest BCUT2D eigenvalue weighted by Gasteiger charge is -2.03. The molecular formula is C20H14ClN3O3S. The fourth-order valence-electron chi connectivity index (χ4n) is 2.79. The lowest BCUT2D eigenvalue weighted by molar-refractivity contribution is 0.104. The Morgan fingerprint density at radius 2 is 1.79 bits per heavy atom. The average Bonchev–Trinajstić information content (AvgIpc) is 3.03. The zero-order chi connectivity index (χ0) is 19.8. The van der Waals surface area contributed by atoms with Gasteiger partial charge in [0.15, 0.2) is 5.69 Å². The number of nitrogens with zero attached hydrogens (tertiary/aromatic N) is 3. The molecule has 2 aromatic carbocycles. The van der Waals surface area contributed by atoms with Gasteiger partial charge in [-0.25, -0.2) is 4.52 Å². The molecule has 0 amide bonds. The van der Waals surface area contributed by atoms with Gasteiger partial charge in [0, 0.05) is 16.1 Å². The number of benzene rings is 2. The molecule has 0 spiro atoms. The minimum Gasteiger partial charge on any atom is -0.497 e. The van der Waals surface area contributed by atoms with E-state index in [1.54, 1.807) is 62.6 Å². The predicted molar refractivity (Wildman–Crippen MR) is 109 cm³/mol. The zero-order valence-electron chi connectivity index (χ0n) is 15.0. The van der Waals surface area contributed by atoms with E-state index < -0.39 is 5.56 Å². The molecule has 0 radical (unpaired) electrons. The van der Waals surface area contributed by atoms with Crippen molar-refractivity contribution in [2.24, 2.45) is 0 Å². The molecular weight excluding hydrogens is 398 g/mol. The van der Waals surface area contributed by atoms with Crippen LogP contribution in [0.25, 0.3) is 16.2 Å². The van der Waals surface area contributed by atoms with Crippen LogP contribution in [-0.4, -0.2) is 27.5 Å². The minimum absolute atomic E-state index is 0.162. The Bertz CT molecular complexity index is 1240. The molecule has 0 saturated carbocycles. The summed E-state index contributed by atoms with van der Waals surface area (Å²) in [5, 5.41) is 5.01. The number of ether oxygens (including phenoxy) is 1. The summed E-state index contributed by atoms with van der Waals surface area (Å²) in [4.78, 5) is 30.3. The smallest absolute Gasteiger partial charge is 0.300 e. The normalized spacial score (nSPS) is 11.0. The number of ketones is 1. The maximum Gasteiger partial charge on any atom is 0.300 e. The SMILES string of the molecule is COc1ccc(-c2nn3c(C)c(C(=O)c4ccc(Cl)cc4)sc3nc2=O)cc1. The Balaban J connectivity index is 1.81. The molecule has 0 saturated heterocycles. The molecule has 2 aromatic heterocycles. The molecule has 0 aliphatic carbocycles. The topological polar surface area (TPSA) is 73.6 Å². The van der Waals surface area contributed by atoms with Crippen molar-refractivity contribution in [1.82, 2.24) is 14.6 Å². The summed E-state index contributed by atoms with van der Waals surface area (Å²) >= 11 is 7.04. The van der Waals surface area contributed by atoms with Gasteiger partial charge in [-0.05, 0) is 55.5 Å². The van der Waals surface area contributed by atoms with E-state index >= 15 is 0 Å². The second-order valence-corrected chi connectivity index (χ2v) is 7.46. The molecule has 0 fully saturated rings. The Kier molecular flexibility index (Phi) is 4.70. The summed E-state index contributed by atoms with van der Waals surface area (Å²) < 4.78 is 6.68. The van der Waals surface area contributed by atoms with Crippen LogP contribution < -0.4 is 10.3 Å². The van der Waals surface area contributed by atoms with Crippen LogP contribution in [0.3, 0.4) is 0 Å². The number of carbonyl (C=O) groups excluding carboxylic acids is 1. The number of aryl methyl sites for hydroxylation is 1. The fourth-order valence-corrected chi connectivity index (χ4v) is 3.94. The first kappa shape index (κ1) is 18.3. The third kappa shape index (κ3) is 3.19. The Labute approximate surface area is 169 Å². The van der Waals surface area contributed by atoms with Crippen molar-refractivity contribution in [1.29, 1.82) is 0 Å². The summed E-state index contributed by atoms with van der Waals surface area (Å²) in [5.74, 6) is 0.519. The van der Waals surface area contributed by atoms with E-state index in [1.807, 2.05) is 0 Å². The molecule has 8 heteroatoms. The van der Waals surface area contributed by atoms with Gasteiger partial charge in [0.2, 0.25) is 10.7 Å². The van der Waals surface area contributed by atoms with Crippen molar-refractivity contribution in [2.45, 2.75) is 6.92 Å². The molecule has 2 heterocycles. The van der Waals surface area contributed by atoms with Crippen LogP contribution in [0.4, 0.5) is 0 Å². The van der Waals surface area contributed by atoms with Crippen LogP contribution in [0.2, 0.25) is 5.02 Å². The van der Waals surface area contributed by atoms with Crippen molar-refractivity contribution in [3.05, 3.63) is 80.0 Å². The molecule has 4 aromatic rings. The van der Waals surface area contributed by atoms with Crippen molar-refractivity contribution in [2.75, 3.05) is 7.11 Å². The molecule has 0 aliphatic heterocycles. The van der Waals surface area contributed by atoms with Gasteiger partial charge in [0.25, 0.3) is 0 Å². The van der Waals surface area contributed by atoms with E-state index in [1.165, 1.54) is 4.52 Å². The predicted octanol–water partition coefficient (Wildman–Crippen LogP) is 4.02. The number of rotatable bonds is 4. The standard InChI is InChI=1S/C20H14ClN3O3S/c1-11-18(17(25)13-3-7-14(21)8-4-13)28-20-22-19(26)16(23-24(11)20)12-5-9-15(27-2)10-6-12/h3-10H,1-2H3. The summed E-state index contributed by atoms with van der Waals surface area (Å²) in [6.45, 7) is 1.78. The number of methoxy groups -OCH3 is 1. The number of aromatic nitrogens is 3. The fraction of sp³-hybridized carbons (Fsp3) is 0.100. The molecule has 0 aliphatic rings.